The van der Waals surface area contributed by atoms with Gasteiger partial charge >= 0.3 is 0 Å². The van der Waals surface area contributed by atoms with Gasteiger partial charge in [0, 0.05) is 39.8 Å². The Hall–Kier alpha value is -3.19. The van der Waals surface area contributed by atoms with Gasteiger partial charge in [-0.25, -0.2) is 0 Å². The van der Waals surface area contributed by atoms with Gasteiger partial charge in [-0.2, -0.15) is 4.57 Å². The number of rotatable bonds is 6. The molecular formula is C39H44N+. The van der Waals surface area contributed by atoms with Gasteiger partial charge in [-0.15, -0.1) is 0 Å². The third-order valence-corrected chi connectivity index (χ3v) is 10.9. The normalized spacial score (nSPS) is 20.2. The molecule has 0 saturated carbocycles. The molecule has 2 heterocycles. The molecule has 3 aromatic carbocycles. The maximum absolute atomic E-state index is 2.82. The Labute approximate surface area is 240 Å². The summed E-state index contributed by atoms with van der Waals surface area (Å²) in [5.74, 6) is 1.21. The Morgan fingerprint density at radius 3 is 2.25 bits per heavy atom. The molecule has 1 aromatic heterocycles. The zero-order valence-corrected chi connectivity index (χ0v) is 25.5. The maximum atomic E-state index is 2.82. The maximum Gasteiger partial charge on any atom is 0.219 e. The van der Waals surface area contributed by atoms with Crippen LogP contribution in [0.2, 0.25) is 0 Å². The van der Waals surface area contributed by atoms with E-state index in [1.54, 1.807) is 11.1 Å². The Kier molecular flexibility index (Phi) is 5.73. The standard InChI is InChI=1S/C39H44N/c1-8-25(9-2)29-20-30(26(10-3)11-4)23-39(22-29)32-17-16-27-13-12-14-31-35(27)36(32)37-33(38(31,6)7)21-28-19-24(5)15-18-34(28)40(37)39/h12-22,25-26H,8-11,23H2,1-7H3/q+1. The van der Waals surface area contributed by atoms with E-state index in [9.17, 15) is 0 Å². The first kappa shape index (κ1) is 25.8. The van der Waals surface area contributed by atoms with E-state index in [4.69, 9.17) is 0 Å². The Morgan fingerprint density at radius 1 is 0.775 bits per heavy atom. The molecule has 0 radical (unpaired) electrons. The molecular weight excluding hydrogens is 482 g/mol. The number of fused-ring (bicyclic) bond motifs is 4. The van der Waals surface area contributed by atoms with Crippen molar-refractivity contribution < 1.29 is 4.57 Å². The lowest BCUT2D eigenvalue weighted by atomic mass is 9.68. The summed E-state index contributed by atoms with van der Waals surface area (Å²) < 4.78 is 2.82. The van der Waals surface area contributed by atoms with E-state index in [2.05, 4.69) is 120 Å². The molecule has 3 aliphatic rings. The van der Waals surface area contributed by atoms with Crippen molar-refractivity contribution in [3.05, 3.63) is 100 Å². The predicted octanol–water partition coefficient (Wildman–Crippen LogP) is 10.1. The van der Waals surface area contributed by atoms with E-state index in [1.807, 2.05) is 0 Å². The molecule has 40 heavy (non-hydrogen) atoms. The molecule has 1 aliphatic heterocycles. The van der Waals surface area contributed by atoms with Crippen LogP contribution in [0, 0.1) is 18.8 Å². The average Bonchev–Trinajstić information content (AvgIpc) is 3.22. The van der Waals surface area contributed by atoms with Gasteiger partial charge < -0.3 is 0 Å². The first-order valence-corrected chi connectivity index (χ1v) is 15.8. The minimum atomic E-state index is -0.208. The first-order valence-electron chi connectivity index (χ1n) is 15.8. The van der Waals surface area contributed by atoms with Gasteiger partial charge in [-0.3, -0.25) is 0 Å². The van der Waals surface area contributed by atoms with E-state index in [0.29, 0.717) is 11.8 Å². The molecule has 1 spiro atoms. The summed E-state index contributed by atoms with van der Waals surface area (Å²) in [6, 6.07) is 21.5. The van der Waals surface area contributed by atoms with Crippen LogP contribution in [0.5, 0.6) is 0 Å². The average molecular weight is 527 g/mol. The van der Waals surface area contributed by atoms with Gasteiger partial charge in [0.1, 0.15) is 0 Å². The molecule has 0 saturated heterocycles. The summed E-state index contributed by atoms with van der Waals surface area (Å²) in [7, 11) is 0. The second-order valence-electron chi connectivity index (χ2n) is 13.3. The summed E-state index contributed by atoms with van der Waals surface area (Å²) in [4.78, 5) is 0. The van der Waals surface area contributed by atoms with Crippen molar-refractivity contribution in [2.75, 3.05) is 0 Å². The van der Waals surface area contributed by atoms with Crippen molar-refractivity contribution in [1.29, 1.82) is 0 Å². The molecule has 1 unspecified atom stereocenters. The molecule has 1 atom stereocenters. The minimum Gasteiger partial charge on any atom is -0.177 e. The molecule has 4 aromatic rings. The highest BCUT2D eigenvalue weighted by atomic mass is 15.1. The number of hydrogen-bond acceptors (Lipinski definition) is 0. The van der Waals surface area contributed by atoms with Gasteiger partial charge in [0.15, 0.2) is 0 Å². The monoisotopic (exact) mass is 526 g/mol. The fourth-order valence-corrected chi connectivity index (χ4v) is 8.70. The van der Waals surface area contributed by atoms with Crippen LogP contribution in [-0.4, -0.2) is 0 Å². The smallest absolute Gasteiger partial charge is 0.177 e. The van der Waals surface area contributed by atoms with Crippen LogP contribution in [0.25, 0.3) is 32.9 Å². The quantitative estimate of drug-likeness (QED) is 0.220. The van der Waals surface area contributed by atoms with E-state index < -0.39 is 0 Å². The van der Waals surface area contributed by atoms with E-state index in [0.717, 1.165) is 6.42 Å². The minimum absolute atomic E-state index is 0.0731. The van der Waals surface area contributed by atoms with Crippen LogP contribution in [0.1, 0.15) is 95.9 Å². The largest absolute Gasteiger partial charge is 0.219 e. The van der Waals surface area contributed by atoms with Crippen molar-refractivity contribution in [1.82, 2.24) is 0 Å². The predicted molar refractivity (Wildman–Crippen MR) is 170 cm³/mol. The Bertz CT molecular complexity index is 1760. The fraction of sp³-hybridized carbons (Fsp3) is 0.410. The molecule has 204 valence electrons. The van der Waals surface area contributed by atoms with E-state index >= 15 is 0 Å². The van der Waals surface area contributed by atoms with Gasteiger partial charge in [0.05, 0.1) is 5.56 Å². The summed E-state index contributed by atoms with van der Waals surface area (Å²) >= 11 is 0. The summed E-state index contributed by atoms with van der Waals surface area (Å²) in [6.07, 6.45) is 11.2. The zero-order chi connectivity index (χ0) is 28.0. The number of aryl methyl sites for hydroxylation is 1. The fourth-order valence-electron chi connectivity index (χ4n) is 8.70. The summed E-state index contributed by atoms with van der Waals surface area (Å²) in [6.45, 7) is 16.6. The highest BCUT2D eigenvalue weighted by molar-refractivity contribution is 6.05. The van der Waals surface area contributed by atoms with Crippen LogP contribution in [-0.2, 0) is 11.0 Å². The molecule has 7 rings (SSSR count). The SMILES string of the molecule is CCC(CC)C1=CC2(CC(C(CC)CC)=C1)c1ccc3cccc4c3c1-c1c(cc3cc(C)ccc3[n+]12)C4(C)C. The number of nitrogens with zero attached hydrogens (tertiary/aromatic N) is 1. The molecule has 0 amide bonds. The zero-order valence-electron chi connectivity index (χ0n) is 25.5. The number of allylic oxidation sites excluding steroid dienone is 4. The summed E-state index contributed by atoms with van der Waals surface area (Å²) in [5, 5.41) is 4.22. The molecule has 0 fully saturated rings. The topological polar surface area (TPSA) is 3.88 Å². The Balaban J connectivity index is 1.68. The Morgan fingerprint density at radius 2 is 1.52 bits per heavy atom. The second kappa shape index (κ2) is 8.90. The summed E-state index contributed by atoms with van der Waals surface area (Å²) in [5.41, 5.74) is 13.0. The van der Waals surface area contributed by atoms with E-state index in [-0.39, 0.29) is 11.0 Å². The second-order valence-corrected chi connectivity index (χ2v) is 13.3. The number of benzene rings is 3. The van der Waals surface area contributed by atoms with Crippen LogP contribution >= 0.6 is 0 Å². The van der Waals surface area contributed by atoms with Crippen molar-refractivity contribution in [3.63, 3.8) is 0 Å². The lowest BCUT2D eigenvalue weighted by molar-refractivity contribution is -0.703. The van der Waals surface area contributed by atoms with Crippen molar-refractivity contribution >= 4 is 21.7 Å². The molecule has 0 N–H and O–H groups in total. The number of pyridine rings is 1. The van der Waals surface area contributed by atoms with Crippen LogP contribution in [0.15, 0.2) is 77.9 Å². The first-order chi connectivity index (χ1) is 19.3. The van der Waals surface area contributed by atoms with Crippen LogP contribution < -0.4 is 4.57 Å². The van der Waals surface area contributed by atoms with Gasteiger partial charge in [0.25, 0.3) is 0 Å². The van der Waals surface area contributed by atoms with E-state index in [1.165, 1.54) is 80.9 Å². The van der Waals surface area contributed by atoms with Crippen molar-refractivity contribution in [3.8, 4) is 11.3 Å². The van der Waals surface area contributed by atoms with Crippen molar-refractivity contribution in [2.24, 2.45) is 11.8 Å². The van der Waals surface area contributed by atoms with Gasteiger partial charge in [-0.1, -0.05) is 95.2 Å². The number of aromatic nitrogens is 1. The third kappa shape index (κ3) is 3.24. The van der Waals surface area contributed by atoms with Crippen LogP contribution in [0.3, 0.4) is 0 Å². The molecule has 1 nitrogen and oxygen atoms in total. The lowest BCUT2D eigenvalue weighted by Crippen LogP contribution is -2.56. The highest BCUT2D eigenvalue weighted by Gasteiger charge is 2.57. The molecule has 0 bridgehead atoms. The third-order valence-electron chi connectivity index (χ3n) is 10.9. The molecule has 1 heteroatoms. The van der Waals surface area contributed by atoms with Gasteiger partial charge in [-0.05, 0) is 79.2 Å². The van der Waals surface area contributed by atoms with Gasteiger partial charge in [0.2, 0.25) is 16.7 Å². The van der Waals surface area contributed by atoms with Crippen molar-refractivity contribution in [2.45, 2.75) is 91.5 Å². The van der Waals surface area contributed by atoms with Crippen LogP contribution in [0.4, 0.5) is 0 Å². The highest BCUT2D eigenvalue weighted by Crippen LogP contribution is 2.57. The lowest BCUT2D eigenvalue weighted by Gasteiger charge is -2.34. The molecule has 2 aliphatic carbocycles. The number of hydrogen-bond donors (Lipinski definition) is 0.